The van der Waals surface area contributed by atoms with Crippen LogP contribution in [0.15, 0.2) is 22.9 Å². The molecule has 0 spiro atoms. The monoisotopic (exact) mass is 340 g/mol. The summed E-state index contributed by atoms with van der Waals surface area (Å²) >= 11 is 3.50. The molecule has 1 N–H and O–H groups in total. The average molecular weight is 341 g/mol. The zero-order valence-corrected chi connectivity index (χ0v) is 15.1. The molecule has 0 saturated carbocycles. The molecule has 0 radical (unpaired) electrons. The van der Waals surface area contributed by atoms with Gasteiger partial charge in [0.2, 0.25) is 0 Å². The summed E-state index contributed by atoms with van der Waals surface area (Å²) in [7, 11) is 0. The maximum atomic E-state index is 4.27. The Balaban J connectivity index is 2.69. The van der Waals surface area contributed by atoms with Crippen molar-refractivity contribution in [1.82, 2.24) is 10.3 Å². The number of hydrogen-bond donors (Lipinski definition) is 1. The lowest BCUT2D eigenvalue weighted by Gasteiger charge is -2.31. The van der Waals surface area contributed by atoms with Crippen LogP contribution in [0.5, 0.6) is 0 Å². The van der Waals surface area contributed by atoms with Crippen LogP contribution in [0, 0.1) is 11.3 Å². The molecule has 2 nitrogen and oxygen atoms in total. The van der Waals surface area contributed by atoms with Crippen molar-refractivity contribution in [3.63, 3.8) is 0 Å². The van der Waals surface area contributed by atoms with Crippen molar-refractivity contribution in [3.05, 3.63) is 28.5 Å². The minimum Gasteiger partial charge on any atom is -0.314 e. The van der Waals surface area contributed by atoms with Gasteiger partial charge in [0.25, 0.3) is 0 Å². The average Bonchev–Trinajstić information content (AvgIpc) is 2.34. The fourth-order valence-corrected chi connectivity index (χ4v) is 2.63. The maximum Gasteiger partial charge on any atom is 0.0410 e. The molecule has 0 aliphatic heterocycles. The van der Waals surface area contributed by atoms with Crippen molar-refractivity contribution in [2.24, 2.45) is 11.3 Å². The smallest absolute Gasteiger partial charge is 0.0410 e. The summed E-state index contributed by atoms with van der Waals surface area (Å²) in [6.45, 7) is 12.7. The van der Waals surface area contributed by atoms with Crippen LogP contribution in [-0.2, 0) is 6.42 Å². The van der Waals surface area contributed by atoms with E-state index >= 15 is 0 Å². The summed E-state index contributed by atoms with van der Waals surface area (Å²) in [6, 6.07) is 2.70. The van der Waals surface area contributed by atoms with E-state index < -0.39 is 0 Å². The van der Waals surface area contributed by atoms with E-state index in [1.54, 1.807) is 0 Å². The van der Waals surface area contributed by atoms with Crippen molar-refractivity contribution in [2.75, 3.05) is 6.54 Å². The van der Waals surface area contributed by atoms with E-state index in [2.05, 4.69) is 66.9 Å². The molecule has 2 atom stereocenters. The van der Waals surface area contributed by atoms with E-state index in [0.29, 0.717) is 17.4 Å². The van der Waals surface area contributed by atoms with Gasteiger partial charge in [-0.05, 0) is 64.7 Å². The van der Waals surface area contributed by atoms with Crippen molar-refractivity contribution in [3.8, 4) is 0 Å². The third-order valence-electron chi connectivity index (χ3n) is 4.04. The van der Waals surface area contributed by atoms with E-state index in [-0.39, 0.29) is 0 Å². The van der Waals surface area contributed by atoms with Crippen LogP contribution in [0.1, 0.15) is 53.0 Å². The van der Waals surface area contributed by atoms with Crippen molar-refractivity contribution in [1.29, 1.82) is 0 Å². The second kappa shape index (κ2) is 8.14. The van der Waals surface area contributed by atoms with Gasteiger partial charge in [-0.3, -0.25) is 4.98 Å². The fourth-order valence-electron chi connectivity index (χ4n) is 2.22. The second-order valence-corrected chi connectivity index (χ2v) is 7.79. The largest absolute Gasteiger partial charge is 0.314 e. The minimum absolute atomic E-state index is 0.363. The summed E-state index contributed by atoms with van der Waals surface area (Å²) in [5, 5.41) is 3.70. The molecule has 0 saturated heterocycles. The summed E-state index contributed by atoms with van der Waals surface area (Å²) < 4.78 is 1.06. The van der Waals surface area contributed by atoms with Crippen molar-refractivity contribution in [2.45, 2.75) is 59.9 Å². The Morgan fingerprint density at radius 1 is 1.30 bits per heavy atom. The molecular weight excluding hydrogens is 312 g/mol. The lowest BCUT2D eigenvalue weighted by Crippen LogP contribution is -2.35. The van der Waals surface area contributed by atoms with Crippen LogP contribution in [0.25, 0.3) is 0 Å². The summed E-state index contributed by atoms with van der Waals surface area (Å²) in [5.74, 6) is 0.692. The molecule has 1 aromatic rings. The molecule has 114 valence electrons. The molecular formula is C17H29BrN2. The minimum atomic E-state index is 0.363. The maximum absolute atomic E-state index is 4.27. The van der Waals surface area contributed by atoms with Gasteiger partial charge in [-0.2, -0.15) is 0 Å². The number of hydrogen-bond acceptors (Lipinski definition) is 2. The van der Waals surface area contributed by atoms with Gasteiger partial charge in [0.1, 0.15) is 0 Å². The third kappa shape index (κ3) is 6.36. The Kier molecular flexibility index (Phi) is 7.18. The standard InChI is InChI=1S/C17H29BrN2/c1-6-7-20-16(8-13(2)17(3,4)5)10-14-9-15(18)12-19-11-14/h9,11-13,16,20H,6-8,10H2,1-5H3. The Hall–Kier alpha value is -0.410. The number of aromatic nitrogens is 1. The van der Waals surface area contributed by atoms with Crippen LogP contribution in [0.4, 0.5) is 0 Å². The summed E-state index contributed by atoms with van der Waals surface area (Å²) in [6.07, 6.45) is 7.25. The van der Waals surface area contributed by atoms with E-state index in [1.807, 2.05) is 12.4 Å². The molecule has 0 aliphatic carbocycles. The van der Waals surface area contributed by atoms with Gasteiger partial charge in [0.15, 0.2) is 0 Å². The zero-order valence-electron chi connectivity index (χ0n) is 13.5. The number of rotatable bonds is 7. The third-order valence-corrected chi connectivity index (χ3v) is 4.48. The Morgan fingerprint density at radius 2 is 2.00 bits per heavy atom. The van der Waals surface area contributed by atoms with Crippen LogP contribution >= 0.6 is 15.9 Å². The van der Waals surface area contributed by atoms with Gasteiger partial charge in [-0.15, -0.1) is 0 Å². The van der Waals surface area contributed by atoms with Crippen LogP contribution in [-0.4, -0.2) is 17.6 Å². The summed E-state index contributed by atoms with van der Waals surface area (Å²) in [5.41, 5.74) is 1.66. The lowest BCUT2D eigenvalue weighted by atomic mass is 9.78. The number of nitrogens with zero attached hydrogens (tertiary/aromatic N) is 1. The topological polar surface area (TPSA) is 24.9 Å². The quantitative estimate of drug-likeness (QED) is 0.768. The summed E-state index contributed by atoms with van der Waals surface area (Å²) in [4.78, 5) is 4.27. The van der Waals surface area contributed by atoms with Crippen molar-refractivity contribution >= 4 is 15.9 Å². The Morgan fingerprint density at radius 3 is 2.55 bits per heavy atom. The van der Waals surface area contributed by atoms with Gasteiger partial charge in [0.05, 0.1) is 0 Å². The highest BCUT2D eigenvalue weighted by molar-refractivity contribution is 9.10. The van der Waals surface area contributed by atoms with Crippen LogP contribution in [0.3, 0.4) is 0 Å². The normalized spacial score (nSPS) is 15.1. The molecule has 0 aliphatic rings. The zero-order chi connectivity index (χ0) is 15.2. The second-order valence-electron chi connectivity index (χ2n) is 6.87. The predicted octanol–water partition coefficient (Wildman–Crippen LogP) is 4.83. The molecule has 2 unspecified atom stereocenters. The molecule has 0 aromatic carbocycles. The van der Waals surface area contributed by atoms with Crippen LogP contribution < -0.4 is 5.32 Å². The molecule has 1 aromatic heterocycles. The first-order chi connectivity index (χ1) is 9.32. The predicted molar refractivity (Wildman–Crippen MR) is 91.0 cm³/mol. The van der Waals surface area contributed by atoms with E-state index in [9.17, 15) is 0 Å². The highest BCUT2D eigenvalue weighted by Gasteiger charge is 2.23. The van der Waals surface area contributed by atoms with E-state index in [0.717, 1.165) is 17.4 Å². The van der Waals surface area contributed by atoms with Gasteiger partial charge in [0, 0.05) is 22.9 Å². The Labute approximate surface area is 132 Å². The molecule has 0 amide bonds. The van der Waals surface area contributed by atoms with Crippen LogP contribution in [0.2, 0.25) is 0 Å². The van der Waals surface area contributed by atoms with Gasteiger partial charge in [-0.1, -0.05) is 34.6 Å². The molecule has 20 heavy (non-hydrogen) atoms. The SMILES string of the molecule is CCCNC(Cc1cncc(Br)c1)CC(C)C(C)(C)C. The van der Waals surface area contributed by atoms with E-state index in [4.69, 9.17) is 0 Å². The highest BCUT2D eigenvalue weighted by Crippen LogP contribution is 2.29. The molecule has 0 bridgehead atoms. The molecule has 1 rings (SSSR count). The van der Waals surface area contributed by atoms with Crippen molar-refractivity contribution < 1.29 is 0 Å². The molecule has 3 heteroatoms. The van der Waals surface area contributed by atoms with Gasteiger partial charge >= 0.3 is 0 Å². The van der Waals surface area contributed by atoms with Gasteiger partial charge < -0.3 is 5.32 Å². The lowest BCUT2D eigenvalue weighted by molar-refractivity contribution is 0.222. The molecule has 0 fully saturated rings. The fraction of sp³-hybridized carbons (Fsp3) is 0.706. The number of nitrogens with one attached hydrogen (secondary N) is 1. The Bertz CT molecular complexity index is 398. The van der Waals surface area contributed by atoms with Gasteiger partial charge in [-0.25, -0.2) is 0 Å². The van der Waals surface area contributed by atoms with E-state index in [1.165, 1.54) is 18.4 Å². The molecule has 1 heterocycles. The highest BCUT2D eigenvalue weighted by atomic mass is 79.9. The number of halogens is 1. The number of pyridine rings is 1. The first kappa shape index (κ1) is 17.6. The first-order valence-electron chi connectivity index (χ1n) is 7.65. The first-order valence-corrected chi connectivity index (χ1v) is 8.45.